The minimum atomic E-state index is 0.201. The molecule has 0 saturated carbocycles. The molecule has 0 bridgehead atoms. The second-order valence-electron chi connectivity index (χ2n) is 2.31. The van der Waals surface area contributed by atoms with Gasteiger partial charge in [-0.1, -0.05) is 6.92 Å². The molecule has 2 nitrogen and oxygen atoms in total. The number of carbonyl (C=O) groups is 1. The van der Waals surface area contributed by atoms with E-state index in [0.717, 1.165) is 5.75 Å². The zero-order valence-corrected chi connectivity index (χ0v) is 7.28. The number of ketones is 1. The van der Waals surface area contributed by atoms with Gasteiger partial charge in [-0.2, -0.15) is 11.8 Å². The number of hydrogen-bond acceptors (Lipinski definition) is 3. The zero-order chi connectivity index (χ0) is 7.98. The van der Waals surface area contributed by atoms with E-state index in [4.69, 9.17) is 5.11 Å². The van der Waals surface area contributed by atoms with E-state index in [-0.39, 0.29) is 12.4 Å². The van der Waals surface area contributed by atoms with Gasteiger partial charge in [-0.15, -0.1) is 0 Å². The van der Waals surface area contributed by atoms with Crippen LogP contribution in [0.25, 0.3) is 0 Å². The Kier molecular flexibility index (Phi) is 5.73. The Hall–Kier alpha value is -0.0200. The summed E-state index contributed by atoms with van der Waals surface area (Å²) in [5.74, 6) is 0.951. The van der Waals surface area contributed by atoms with Gasteiger partial charge in [0, 0.05) is 17.4 Å². The molecule has 0 aromatic rings. The Morgan fingerprint density at radius 1 is 1.70 bits per heavy atom. The van der Waals surface area contributed by atoms with Crippen molar-refractivity contribution in [3.63, 3.8) is 0 Å². The van der Waals surface area contributed by atoms with E-state index in [2.05, 4.69) is 0 Å². The first-order valence-electron chi connectivity index (χ1n) is 3.38. The highest BCUT2D eigenvalue weighted by atomic mass is 32.2. The molecule has 0 aliphatic rings. The van der Waals surface area contributed by atoms with Gasteiger partial charge < -0.3 is 5.11 Å². The van der Waals surface area contributed by atoms with Crippen molar-refractivity contribution in [1.82, 2.24) is 0 Å². The van der Waals surface area contributed by atoms with E-state index >= 15 is 0 Å². The molecule has 0 aromatic carbocycles. The lowest BCUT2D eigenvalue weighted by Gasteiger charge is -2.06. The van der Waals surface area contributed by atoms with Crippen LogP contribution in [-0.4, -0.2) is 28.5 Å². The lowest BCUT2D eigenvalue weighted by Crippen LogP contribution is -2.04. The molecule has 0 aliphatic carbocycles. The molecule has 0 amide bonds. The van der Waals surface area contributed by atoms with Gasteiger partial charge in [0.25, 0.3) is 0 Å². The van der Waals surface area contributed by atoms with Crippen LogP contribution in [-0.2, 0) is 4.79 Å². The van der Waals surface area contributed by atoms with Crippen LogP contribution in [0.15, 0.2) is 0 Å². The maximum atomic E-state index is 10.5. The van der Waals surface area contributed by atoms with Crippen LogP contribution >= 0.6 is 11.8 Å². The van der Waals surface area contributed by atoms with Gasteiger partial charge in [0.05, 0.1) is 6.61 Å². The minimum absolute atomic E-state index is 0.201. The summed E-state index contributed by atoms with van der Waals surface area (Å²) in [5.41, 5.74) is 0. The topological polar surface area (TPSA) is 37.3 Å². The summed E-state index contributed by atoms with van der Waals surface area (Å²) in [5, 5.41) is 8.80. The average Bonchev–Trinajstić information content (AvgIpc) is 1.82. The summed E-state index contributed by atoms with van der Waals surface area (Å²) in [6.07, 6.45) is 0.616. The van der Waals surface area contributed by atoms with Crippen molar-refractivity contribution < 1.29 is 9.90 Å². The van der Waals surface area contributed by atoms with Crippen molar-refractivity contribution >= 4 is 17.5 Å². The van der Waals surface area contributed by atoms with Gasteiger partial charge >= 0.3 is 0 Å². The zero-order valence-electron chi connectivity index (χ0n) is 6.46. The predicted octanol–water partition coefficient (Wildman–Crippen LogP) is 1.08. The third-order valence-electron chi connectivity index (χ3n) is 1.07. The highest BCUT2D eigenvalue weighted by molar-refractivity contribution is 7.99. The molecular weight excluding hydrogens is 148 g/mol. The monoisotopic (exact) mass is 162 g/mol. The van der Waals surface area contributed by atoms with Crippen molar-refractivity contribution in [1.29, 1.82) is 0 Å². The van der Waals surface area contributed by atoms with Crippen LogP contribution < -0.4 is 0 Å². The molecule has 0 spiro atoms. The molecule has 60 valence electrons. The molecule has 0 saturated heterocycles. The summed E-state index contributed by atoms with van der Waals surface area (Å²) in [6.45, 7) is 3.80. The standard InChI is InChI=1S/C7H14O2S/c1-6(9)5-7(2)10-4-3-8/h7-8H,3-5H2,1-2H3. The molecule has 0 heterocycles. The molecule has 0 rings (SSSR count). The van der Waals surface area contributed by atoms with E-state index in [9.17, 15) is 4.79 Å². The van der Waals surface area contributed by atoms with Gasteiger partial charge in [-0.25, -0.2) is 0 Å². The third-order valence-corrected chi connectivity index (χ3v) is 2.22. The molecule has 0 aromatic heterocycles. The molecule has 1 unspecified atom stereocenters. The van der Waals surface area contributed by atoms with Crippen molar-refractivity contribution in [2.45, 2.75) is 25.5 Å². The SMILES string of the molecule is CC(=O)CC(C)SCCO. The van der Waals surface area contributed by atoms with E-state index in [0.29, 0.717) is 11.7 Å². The first kappa shape index (κ1) is 9.98. The Bertz CT molecular complexity index is 104. The molecule has 10 heavy (non-hydrogen) atoms. The van der Waals surface area contributed by atoms with Crippen LogP contribution in [0.5, 0.6) is 0 Å². The Morgan fingerprint density at radius 2 is 2.30 bits per heavy atom. The molecule has 3 heteroatoms. The smallest absolute Gasteiger partial charge is 0.130 e. The predicted molar refractivity (Wildman–Crippen MR) is 44.3 cm³/mol. The third kappa shape index (κ3) is 6.11. The maximum Gasteiger partial charge on any atom is 0.130 e. The summed E-state index contributed by atoms with van der Waals surface area (Å²) < 4.78 is 0. The number of thioether (sulfide) groups is 1. The van der Waals surface area contributed by atoms with E-state index < -0.39 is 0 Å². The van der Waals surface area contributed by atoms with Crippen molar-refractivity contribution in [2.75, 3.05) is 12.4 Å². The Labute approximate surface area is 66.0 Å². The first-order chi connectivity index (χ1) is 4.66. The van der Waals surface area contributed by atoms with Gasteiger partial charge in [0.15, 0.2) is 0 Å². The normalized spacial score (nSPS) is 13.1. The Morgan fingerprint density at radius 3 is 2.70 bits per heavy atom. The molecule has 0 fully saturated rings. The number of hydrogen-bond donors (Lipinski definition) is 1. The molecule has 0 radical (unpaired) electrons. The Balaban J connectivity index is 3.25. The number of carbonyl (C=O) groups excluding carboxylic acids is 1. The van der Waals surface area contributed by atoms with Crippen LogP contribution in [0.2, 0.25) is 0 Å². The molecule has 1 atom stereocenters. The number of rotatable bonds is 5. The average molecular weight is 162 g/mol. The summed E-state index contributed by atoms with van der Waals surface area (Å²) in [7, 11) is 0. The second kappa shape index (κ2) is 5.74. The molecule has 0 aliphatic heterocycles. The number of aliphatic hydroxyl groups is 1. The van der Waals surface area contributed by atoms with E-state index in [1.54, 1.807) is 18.7 Å². The quantitative estimate of drug-likeness (QED) is 0.657. The molecular formula is C7H14O2S. The van der Waals surface area contributed by atoms with E-state index in [1.165, 1.54) is 0 Å². The van der Waals surface area contributed by atoms with Crippen molar-refractivity contribution in [3.8, 4) is 0 Å². The largest absolute Gasteiger partial charge is 0.396 e. The second-order valence-corrected chi connectivity index (χ2v) is 3.86. The van der Waals surface area contributed by atoms with Crippen molar-refractivity contribution in [2.24, 2.45) is 0 Å². The van der Waals surface area contributed by atoms with Gasteiger partial charge in [-0.3, -0.25) is 4.79 Å². The minimum Gasteiger partial charge on any atom is -0.396 e. The molecule has 1 N–H and O–H groups in total. The lowest BCUT2D eigenvalue weighted by molar-refractivity contribution is -0.116. The number of aliphatic hydroxyl groups excluding tert-OH is 1. The fourth-order valence-electron chi connectivity index (χ4n) is 0.718. The number of Topliss-reactive ketones (excluding diaryl/α,β-unsaturated/α-hetero) is 1. The van der Waals surface area contributed by atoms with E-state index in [1.807, 2.05) is 6.92 Å². The lowest BCUT2D eigenvalue weighted by atomic mass is 10.2. The van der Waals surface area contributed by atoms with Crippen LogP contribution in [0.1, 0.15) is 20.3 Å². The van der Waals surface area contributed by atoms with Crippen LogP contribution in [0.4, 0.5) is 0 Å². The first-order valence-corrected chi connectivity index (χ1v) is 4.43. The van der Waals surface area contributed by atoms with Crippen LogP contribution in [0.3, 0.4) is 0 Å². The summed E-state index contributed by atoms with van der Waals surface area (Å²) >= 11 is 1.63. The fraction of sp³-hybridized carbons (Fsp3) is 0.857. The highest BCUT2D eigenvalue weighted by Gasteiger charge is 2.03. The summed E-state index contributed by atoms with van der Waals surface area (Å²) in [4.78, 5) is 10.5. The summed E-state index contributed by atoms with van der Waals surface area (Å²) in [6, 6.07) is 0. The van der Waals surface area contributed by atoms with Gasteiger partial charge in [0.2, 0.25) is 0 Å². The van der Waals surface area contributed by atoms with Gasteiger partial charge in [-0.05, 0) is 6.92 Å². The van der Waals surface area contributed by atoms with Gasteiger partial charge in [0.1, 0.15) is 5.78 Å². The maximum absolute atomic E-state index is 10.5. The highest BCUT2D eigenvalue weighted by Crippen LogP contribution is 2.12. The van der Waals surface area contributed by atoms with Crippen molar-refractivity contribution in [3.05, 3.63) is 0 Å². The van der Waals surface area contributed by atoms with Crippen LogP contribution in [0, 0.1) is 0 Å². The fourth-order valence-corrected chi connectivity index (χ4v) is 1.58.